The third-order valence-electron chi connectivity index (χ3n) is 4.54. The second-order valence-corrected chi connectivity index (χ2v) is 8.84. The Balaban J connectivity index is 1.68. The summed E-state index contributed by atoms with van der Waals surface area (Å²) in [6.45, 7) is 2.32. The topological polar surface area (TPSA) is 84.9 Å². The van der Waals surface area contributed by atoms with E-state index in [2.05, 4.69) is 28.2 Å². The molecule has 0 aromatic heterocycles. The molecular formula is C23H23BrN2O5S. The SMILES string of the molecule is CCCCOc1ccc(/C=C2\SC(=O)N(CC(=O)Nc3ccc(Br)cc3)C2=O)cc1OC. The zero-order valence-electron chi connectivity index (χ0n) is 17.7. The second-order valence-electron chi connectivity index (χ2n) is 6.94. The van der Waals surface area contributed by atoms with Gasteiger partial charge >= 0.3 is 0 Å². The molecule has 2 aromatic rings. The molecule has 1 fully saturated rings. The summed E-state index contributed by atoms with van der Waals surface area (Å²) in [4.78, 5) is 38.5. The standard InChI is InChI=1S/C23H23BrN2O5S/c1-3-4-11-31-18-10-5-15(12-19(18)30-2)13-20-22(28)26(23(29)32-20)14-21(27)25-17-8-6-16(24)7-9-17/h5-10,12-13H,3-4,11,14H2,1-2H3,(H,25,27)/b20-13-. The largest absolute Gasteiger partial charge is 0.493 e. The van der Waals surface area contributed by atoms with Gasteiger partial charge < -0.3 is 14.8 Å². The lowest BCUT2D eigenvalue weighted by Gasteiger charge is -2.12. The quantitative estimate of drug-likeness (QED) is 0.357. The number of rotatable bonds is 9. The van der Waals surface area contributed by atoms with Gasteiger partial charge in [-0.15, -0.1) is 0 Å². The molecule has 1 heterocycles. The van der Waals surface area contributed by atoms with Crippen LogP contribution in [0.25, 0.3) is 6.08 Å². The van der Waals surface area contributed by atoms with Gasteiger partial charge in [-0.25, -0.2) is 0 Å². The highest BCUT2D eigenvalue weighted by molar-refractivity contribution is 9.10. The summed E-state index contributed by atoms with van der Waals surface area (Å²) in [5, 5.41) is 2.19. The van der Waals surface area contributed by atoms with Crippen molar-refractivity contribution in [3.05, 3.63) is 57.4 Å². The summed E-state index contributed by atoms with van der Waals surface area (Å²) in [5.74, 6) is 0.207. The summed E-state index contributed by atoms with van der Waals surface area (Å²) in [6.07, 6.45) is 3.57. The van der Waals surface area contributed by atoms with Gasteiger partial charge in [0, 0.05) is 10.2 Å². The molecule has 32 heavy (non-hydrogen) atoms. The van der Waals surface area contributed by atoms with Crippen LogP contribution < -0.4 is 14.8 Å². The van der Waals surface area contributed by atoms with Crippen LogP contribution in [0.5, 0.6) is 11.5 Å². The molecule has 2 aromatic carbocycles. The lowest BCUT2D eigenvalue weighted by atomic mass is 10.2. The van der Waals surface area contributed by atoms with Crippen LogP contribution in [0.4, 0.5) is 10.5 Å². The fourth-order valence-corrected chi connectivity index (χ4v) is 3.99. The molecule has 0 atom stereocenters. The molecule has 3 amide bonds. The molecule has 3 rings (SSSR count). The number of methoxy groups -OCH3 is 1. The number of imide groups is 1. The van der Waals surface area contributed by atoms with Crippen molar-refractivity contribution in [2.45, 2.75) is 19.8 Å². The normalized spacial score (nSPS) is 14.7. The predicted molar refractivity (Wildman–Crippen MR) is 129 cm³/mol. The number of benzene rings is 2. The number of nitrogens with zero attached hydrogens (tertiary/aromatic N) is 1. The fourth-order valence-electron chi connectivity index (χ4n) is 2.88. The Morgan fingerprint density at radius 2 is 1.91 bits per heavy atom. The minimum absolute atomic E-state index is 0.244. The van der Waals surface area contributed by atoms with E-state index in [1.165, 1.54) is 0 Å². The number of carbonyl (C=O) groups excluding carboxylic acids is 3. The molecular weight excluding hydrogens is 496 g/mol. The summed E-state index contributed by atoms with van der Waals surface area (Å²) in [7, 11) is 1.55. The Labute approximate surface area is 199 Å². The average molecular weight is 519 g/mol. The van der Waals surface area contributed by atoms with Gasteiger partial charge in [-0.2, -0.15) is 0 Å². The third-order valence-corrected chi connectivity index (χ3v) is 5.98. The van der Waals surface area contributed by atoms with Crippen molar-refractivity contribution in [2.24, 2.45) is 0 Å². The van der Waals surface area contributed by atoms with Gasteiger partial charge in [0.1, 0.15) is 6.54 Å². The van der Waals surface area contributed by atoms with Crippen molar-refractivity contribution in [2.75, 3.05) is 25.6 Å². The molecule has 0 spiro atoms. The summed E-state index contributed by atoms with van der Waals surface area (Å²) < 4.78 is 12.0. The number of nitrogens with one attached hydrogen (secondary N) is 1. The number of thioether (sulfide) groups is 1. The van der Waals surface area contributed by atoms with Crippen LogP contribution in [0, 0.1) is 0 Å². The Morgan fingerprint density at radius 3 is 2.59 bits per heavy atom. The monoisotopic (exact) mass is 518 g/mol. The molecule has 1 aliphatic rings. The van der Waals surface area contributed by atoms with E-state index in [1.807, 2.05) is 0 Å². The van der Waals surface area contributed by atoms with Gasteiger partial charge in [-0.3, -0.25) is 19.3 Å². The maximum atomic E-state index is 12.7. The first-order valence-electron chi connectivity index (χ1n) is 10.0. The van der Waals surface area contributed by atoms with Gasteiger partial charge in [-0.1, -0.05) is 35.3 Å². The number of unbranched alkanes of at least 4 members (excludes halogenated alkanes) is 1. The molecule has 0 saturated carbocycles. The zero-order valence-corrected chi connectivity index (χ0v) is 20.1. The maximum absolute atomic E-state index is 12.7. The number of anilines is 1. The van der Waals surface area contributed by atoms with Crippen molar-refractivity contribution >= 4 is 56.5 Å². The molecule has 7 nitrogen and oxygen atoms in total. The number of hydrogen-bond donors (Lipinski definition) is 1. The van der Waals surface area contributed by atoms with Gasteiger partial charge in [0.25, 0.3) is 11.1 Å². The number of ether oxygens (including phenoxy) is 2. The maximum Gasteiger partial charge on any atom is 0.294 e. The van der Waals surface area contributed by atoms with Gasteiger partial charge in [0.2, 0.25) is 5.91 Å². The fraction of sp³-hybridized carbons (Fsp3) is 0.261. The van der Waals surface area contributed by atoms with Crippen LogP contribution in [0.1, 0.15) is 25.3 Å². The first-order valence-corrected chi connectivity index (χ1v) is 11.6. The number of halogens is 1. The van der Waals surface area contributed by atoms with Gasteiger partial charge in [0.15, 0.2) is 11.5 Å². The minimum atomic E-state index is -0.506. The van der Waals surface area contributed by atoms with Crippen molar-refractivity contribution in [3.63, 3.8) is 0 Å². The molecule has 0 unspecified atom stereocenters. The first-order chi connectivity index (χ1) is 15.4. The van der Waals surface area contributed by atoms with E-state index in [0.717, 1.165) is 34.0 Å². The van der Waals surface area contributed by atoms with Crippen molar-refractivity contribution in [3.8, 4) is 11.5 Å². The molecule has 1 saturated heterocycles. The molecule has 9 heteroatoms. The number of carbonyl (C=O) groups is 3. The van der Waals surface area contributed by atoms with Crippen LogP contribution in [-0.4, -0.2) is 42.2 Å². The molecule has 0 aliphatic carbocycles. The van der Waals surface area contributed by atoms with Gasteiger partial charge in [-0.05, 0) is 66.2 Å². The summed E-state index contributed by atoms with van der Waals surface area (Å²) in [6, 6.07) is 12.3. The molecule has 0 radical (unpaired) electrons. The van der Waals surface area contributed by atoms with Crippen molar-refractivity contribution in [1.82, 2.24) is 4.90 Å². The van der Waals surface area contributed by atoms with Crippen LogP contribution in [0.2, 0.25) is 0 Å². The molecule has 168 valence electrons. The lowest BCUT2D eigenvalue weighted by Crippen LogP contribution is -2.36. The van der Waals surface area contributed by atoms with E-state index in [1.54, 1.807) is 55.7 Å². The smallest absolute Gasteiger partial charge is 0.294 e. The third kappa shape index (κ3) is 6.14. The van der Waals surface area contributed by atoms with E-state index < -0.39 is 17.1 Å². The van der Waals surface area contributed by atoms with E-state index in [9.17, 15) is 14.4 Å². The Kier molecular flexibility index (Phi) is 8.35. The molecule has 1 N–H and O–H groups in total. The Bertz CT molecular complexity index is 1040. The van der Waals surface area contributed by atoms with Crippen LogP contribution >= 0.6 is 27.7 Å². The average Bonchev–Trinajstić information content (AvgIpc) is 3.03. The van der Waals surface area contributed by atoms with Crippen LogP contribution in [-0.2, 0) is 9.59 Å². The highest BCUT2D eigenvalue weighted by Crippen LogP contribution is 2.34. The van der Waals surface area contributed by atoms with E-state index in [-0.39, 0.29) is 11.4 Å². The summed E-state index contributed by atoms with van der Waals surface area (Å²) >= 11 is 4.13. The van der Waals surface area contributed by atoms with Crippen LogP contribution in [0.15, 0.2) is 51.8 Å². The second kappa shape index (κ2) is 11.2. The van der Waals surface area contributed by atoms with Gasteiger partial charge in [0.05, 0.1) is 18.6 Å². The molecule has 0 bridgehead atoms. The van der Waals surface area contributed by atoms with E-state index >= 15 is 0 Å². The number of amides is 3. The van der Waals surface area contributed by atoms with Crippen LogP contribution in [0.3, 0.4) is 0 Å². The zero-order chi connectivity index (χ0) is 23.1. The van der Waals surface area contributed by atoms with E-state index in [0.29, 0.717) is 29.4 Å². The molecule has 1 aliphatic heterocycles. The Morgan fingerprint density at radius 1 is 1.16 bits per heavy atom. The van der Waals surface area contributed by atoms with Crippen molar-refractivity contribution in [1.29, 1.82) is 0 Å². The number of hydrogen-bond acceptors (Lipinski definition) is 6. The lowest BCUT2D eigenvalue weighted by molar-refractivity contribution is -0.127. The predicted octanol–water partition coefficient (Wildman–Crippen LogP) is 5.31. The minimum Gasteiger partial charge on any atom is -0.493 e. The highest BCUT2D eigenvalue weighted by atomic mass is 79.9. The summed E-state index contributed by atoms with van der Waals surface area (Å²) in [5.41, 5.74) is 1.27. The highest BCUT2D eigenvalue weighted by Gasteiger charge is 2.36. The first kappa shape index (κ1) is 23.9. The van der Waals surface area contributed by atoms with Crippen molar-refractivity contribution < 1.29 is 23.9 Å². The Hall–Kier alpha value is -2.78. The van der Waals surface area contributed by atoms with E-state index in [4.69, 9.17) is 9.47 Å².